The quantitative estimate of drug-likeness (QED) is 0.749. The summed E-state index contributed by atoms with van der Waals surface area (Å²) in [6, 6.07) is 3.36. The molecule has 1 aromatic rings. The first-order chi connectivity index (χ1) is 9.85. The molecule has 0 aliphatic rings. The third kappa shape index (κ3) is 5.03. The number of carbonyl (C=O) groups is 3. The molecule has 7 nitrogen and oxygen atoms in total. The van der Waals surface area contributed by atoms with Gasteiger partial charge in [0.05, 0.1) is 19.6 Å². The van der Waals surface area contributed by atoms with Gasteiger partial charge < -0.3 is 9.30 Å². The largest absolute Gasteiger partial charge is 0.469 e. The molecular weight excluding hydrogens is 274 g/mol. The van der Waals surface area contributed by atoms with E-state index in [0.29, 0.717) is 12.2 Å². The Morgan fingerprint density at radius 2 is 2.10 bits per heavy atom. The molecule has 7 heteroatoms. The van der Waals surface area contributed by atoms with E-state index >= 15 is 0 Å². The first-order valence-corrected chi connectivity index (χ1v) is 6.57. The van der Waals surface area contributed by atoms with Crippen LogP contribution in [0.15, 0.2) is 18.3 Å². The van der Waals surface area contributed by atoms with Gasteiger partial charge in [0.15, 0.2) is 0 Å². The molecule has 0 aliphatic carbocycles. The molecule has 0 fully saturated rings. The van der Waals surface area contributed by atoms with Gasteiger partial charge in [-0.2, -0.15) is 0 Å². The zero-order valence-electron chi connectivity index (χ0n) is 12.8. The maximum atomic E-state index is 11.8. The van der Waals surface area contributed by atoms with Crippen LogP contribution in [0.2, 0.25) is 0 Å². The van der Waals surface area contributed by atoms with Gasteiger partial charge in [0.2, 0.25) is 5.91 Å². The average Bonchev–Trinajstić information content (AvgIpc) is 2.83. The summed E-state index contributed by atoms with van der Waals surface area (Å²) < 4.78 is 6.25. The van der Waals surface area contributed by atoms with E-state index < -0.39 is 11.8 Å². The van der Waals surface area contributed by atoms with Gasteiger partial charge in [-0.3, -0.25) is 24.6 Å². The lowest BCUT2D eigenvalue weighted by atomic mass is 10.2. The fourth-order valence-electron chi connectivity index (χ4n) is 1.98. The minimum Gasteiger partial charge on any atom is -0.469 e. The summed E-state index contributed by atoms with van der Waals surface area (Å²) in [7, 11) is 4.75. The molecule has 0 spiro atoms. The minimum atomic E-state index is -0.443. The Morgan fingerprint density at radius 3 is 2.62 bits per heavy atom. The highest BCUT2D eigenvalue weighted by molar-refractivity contribution is 6.04. The maximum Gasteiger partial charge on any atom is 0.309 e. The van der Waals surface area contributed by atoms with Gasteiger partial charge in [0.1, 0.15) is 5.69 Å². The van der Waals surface area contributed by atoms with Crippen LogP contribution >= 0.6 is 0 Å². The van der Waals surface area contributed by atoms with Crippen molar-refractivity contribution in [3.05, 3.63) is 24.0 Å². The monoisotopic (exact) mass is 295 g/mol. The van der Waals surface area contributed by atoms with Crippen molar-refractivity contribution in [3.63, 3.8) is 0 Å². The van der Waals surface area contributed by atoms with E-state index in [1.54, 1.807) is 48.8 Å². The van der Waals surface area contributed by atoms with Crippen molar-refractivity contribution in [1.29, 1.82) is 0 Å². The summed E-state index contributed by atoms with van der Waals surface area (Å²) in [6.07, 6.45) is 1.73. The highest BCUT2D eigenvalue weighted by Gasteiger charge is 2.18. The second-order valence-corrected chi connectivity index (χ2v) is 5.00. The number of esters is 1. The Balaban J connectivity index is 2.45. The van der Waals surface area contributed by atoms with Crippen LogP contribution in [0.4, 0.5) is 0 Å². The van der Waals surface area contributed by atoms with Crippen molar-refractivity contribution in [2.24, 2.45) is 13.0 Å². The number of nitrogens with one attached hydrogen (secondary N) is 1. The van der Waals surface area contributed by atoms with Crippen molar-refractivity contribution in [1.82, 2.24) is 14.8 Å². The fourth-order valence-corrected chi connectivity index (χ4v) is 1.98. The SMILES string of the molecule is COC(=O)C(C)CN(C)CC(=O)NC(=O)c1cccn1C. The lowest BCUT2D eigenvalue weighted by Gasteiger charge is -2.19. The van der Waals surface area contributed by atoms with Crippen LogP contribution in [0.3, 0.4) is 0 Å². The van der Waals surface area contributed by atoms with Gasteiger partial charge in [0, 0.05) is 19.8 Å². The molecule has 0 saturated heterocycles. The Labute approximate surface area is 123 Å². The predicted octanol–water partition coefficient (Wildman–Crippen LogP) is 0.0224. The van der Waals surface area contributed by atoms with Crippen LogP contribution in [0.1, 0.15) is 17.4 Å². The van der Waals surface area contributed by atoms with Gasteiger partial charge in [-0.25, -0.2) is 0 Å². The lowest BCUT2D eigenvalue weighted by molar-refractivity contribution is -0.145. The molecule has 1 aromatic heterocycles. The number of nitrogens with zero attached hydrogens (tertiary/aromatic N) is 2. The van der Waals surface area contributed by atoms with Crippen molar-refractivity contribution in [2.75, 3.05) is 27.2 Å². The molecule has 21 heavy (non-hydrogen) atoms. The molecule has 0 saturated carbocycles. The number of aryl methyl sites for hydroxylation is 1. The Morgan fingerprint density at radius 1 is 1.43 bits per heavy atom. The minimum absolute atomic E-state index is 0.0253. The standard InChI is InChI=1S/C14H21N3O4/c1-10(14(20)21-4)8-16(2)9-12(18)15-13(19)11-6-5-7-17(11)3/h5-7,10H,8-9H2,1-4H3,(H,15,18,19). The number of methoxy groups -OCH3 is 1. The molecule has 0 bridgehead atoms. The third-order valence-corrected chi connectivity index (χ3v) is 3.03. The fraction of sp³-hybridized carbons (Fsp3) is 0.500. The number of hydrogen-bond donors (Lipinski definition) is 1. The topological polar surface area (TPSA) is 80.6 Å². The van der Waals surface area contributed by atoms with E-state index in [-0.39, 0.29) is 18.4 Å². The van der Waals surface area contributed by atoms with Crippen molar-refractivity contribution >= 4 is 17.8 Å². The van der Waals surface area contributed by atoms with Crippen LogP contribution in [0, 0.1) is 5.92 Å². The molecule has 116 valence electrons. The number of amides is 2. The van der Waals surface area contributed by atoms with Crippen LogP contribution in [0.25, 0.3) is 0 Å². The van der Waals surface area contributed by atoms with Gasteiger partial charge in [-0.05, 0) is 19.2 Å². The summed E-state index contributed by atoms with van der Waals surface area (Å²) in [5, 5.41) is 2.31. The maximum absolute atomic E-state index is 11.8. The number of likely N-dealkylation sites (N-methyl/N-ethyl adjacent to an activating group) is 1. The molecule has 0 radical (unpaired) electrons. The first-order valence-electron chi connectivity index (χ1n) is 6.57. The summed E-state index contributed by atoms with van der Waals surface area (Å²) in [6.45, 7) is 2.12. The van der Waals surface area contributed by atoms with Gasteiger partial charge in [-0.1, -0.05) is 6.92 Å². The highest BCUT2D eigenvalue weighted by atomic mass is 16.5. The summed E-state index contributed by atoms with van der Waals surface area (Å²) in [5.41, 5.74) is 0.411. The molecule has 1 heterocycles. The Hall–Kier alpha value is -2.15. The Bertz CT molecular complexity index is 524. The van der Waals surface area contributed by atoms with Gasteiger partial charge in [0.25, 0.3) is 5.91 Å². The zero-order valence-corrected chi connectivity index (χ0v) is 12.8. The smallest absolute Gasteiger partial charge is 0.309 e. The molecule has 1 unspecified atom stereocenters. The number of hydrogen-bond acceptors (Lipinski definition) is 5. The van der Waals surface area contributed by atoms with Crippen LogP contribution in [0.5, 0.6) is 0 Å². The summed E-state index contributed by atoms with van der Waals surface area (Å²) >= 11 is 0. The zero-order chi connectivity index (χ0) is 16.0. The molecule has 1 rings (SSSR count). The molecule has 1 atom stereocenters. The normalized spacial score (nSPS) is 12.0. The van der Waals surface area contributed by atoms with E-state index in [2.05, 4.69) is 10.1 Å². The predicted molar refractivity (Wildman–Crippen MR) is 76.6 cm³/mol. The number of ether oxygens (including phenoxy) is 1. The van der Waals surface area contributed by atoms with Crippen LogP contribution in [-0.4, -0.2) is 54.5 Å². The Kier molecular flexibility index (Phi) is 6.10. The van der Waals surface area contributed by atoms with Crippen molar-refractivity contribution in [2.45, 2.75) is 6.92 Å². The van der Waals surface area contributed by atoms with E-state index in [1.165, 1.54) is 7.11 Å². The first kappa shape index (κ1) is 16.9. The van der Waals surface area contributed by atoms with E-state index in [1.807, 2.05) is 0 Å². The second kappa shape index (κ2) is 7.58. The summed E-state index contributed by atoms with van der Waals surface area (Å²) in [4.78, 5) is 36.6. The van der Waals surface area contributed by atoms with Crippen molar-refractivity contribution < 1.29 is 19.1 Å². The van der Waals surface area contributed by atoms with E-state index in [9.17, 15) is 14.4 Å². The average molecular weight is 295 g/mol. The molecule has 1 N–H and O–H groups in total. The molecule has 2 amide bonds. The van der Waals surface area contributed by atoms with Crippen LogP contribution in [-0.2, 0) is 21.4 Å². The number of imide groups is 1. The second-order valence-electron chi connectivity index (χ2n) is 5.00. The number of rotatable bonds is 6. The van der Waals surface area contributed by atoms with Gasteiger partial charge in [-0.15, -0.1) is 0 Å². The number of carbonyl (C=O) groups excluding carboxylic acids is 3. The van der Waals surface area contributed by atoms with E-state index in [4.69, 9.17) is 0 Å². The van der Waals surface area contributed by atoms with Crippen molar-refractivity contribution in [3.8, 4) is 0 Å². The summed E-state index contributed by atoms with van der Waals surface area (Å²) in [5.74, 6) is -1.53. The van der Waals surface area contributed by atoms with Gasteiger partial charge >= 0.3 is 5.97 Å². The van der Waals surface area contributed by atoms with E-state index in [0.717, 1.165) is 0 Å². The highest BCUT2D eigenvalue weighted by Crippen LogP contribution is 2.01. The third-order valence-electron chi connectivity index (χ3n) is 3.03. The molecular formula is C14H21N3O4. The lowest BCUT2D eigenvalue weighted by Crippen LogP contribution is -2.41. The molecule has 0 aromatic carbocycles. The van der Waals surface area contributed by atoms with Crippen LogP contribution < -0.4 is 5.32 Å². The number of aromatic nitrogens is 1. The molecule has 0 aliphatic heterocycles.